The molecule has 122 valence electrons. The number of rotatable bonds is 2. The summed E-state index contributed by atoms with van der Waals surface area (Å²) >= 11 is 0. The number of benzene rings is 1. The molecule has 2 heterocycles. The zero-order chi connectivity index (χ0) is 16.6. The van der Waals surface area contributed by atoms with E-state index >= 15 is 0 Å². The number of likely N-dealkylation sites (tertiary alicyclic amines) is 1. The monoisotopic (exact) mass is 312 g/mol. The Kier molecular flexibility index (Phi) is 4.00. The van der Waals surface area contributed by atoms with Gasteiger partial charge in [-0.25, -0.2) is 0 Å². The zero-order valence-corrected chi connectivity index (χ0v) is 14.1. The number of aromatic amines is 1. The first-order valence-corrected chi connectivity index (χ1v) is 8.27. The summed E-state index contributed by atoms with van der Waals surface area (Å²) in [7, 11) is 0. The molecule has 0 radical (unpaired) electrons. The van der Waals surface area contributed by atoms with E-state index in [-0.39, 0.29) is 23.0 Å². The summed E-state index contributed by atoms with van der Waals surface area (Å²) in [5, 5.41) is 0.991. The van der Waals surface area contributed by atoms with Crippen molar-refractivity contribution in [2.24, 2.45) is 11.3 Å². The van der Waals surface area contributed by atoms with Crippen LogP contribution in [0.15, 0.2) is 30.5 Å². The van der Waals surface area contributed by atoms with Crippen molar-refractivity contribution >= 4 is 22.6 Å². The number of hydrogen-bond acceptors (Lipinski definition) is 2. The lowest BCUT2D eigenvalue weighted by Gasteiger charge is -2.35. The molecule has 0 unspecified atom stereocenters. The Balaban J connectivity index is 1.70. The number of aromatic nitrogens is 1. The van der Waals surface area contributed by atoms with Gasteiger partial charge in [-0.3, -0.25) is 9.59 Å². The predicted octanol–water partition coefficient (Wildman–Crippen LogP) is 3.64. The Hall–Kier alpha value is -2.10. The van der Waals surface area contributed by atoms with Crippen LogP contribution in [0.2, 0.25) is 0 Å². The predicted molar refractivity (Wildman–Crippen MR) is 91.4 cm³/mol. The van der Waals surface area contributed by atoms with Gasteiger partial charge in [-0.2, -0.15) is 0 Å². The smallest absolute Gasteiger partial charge is 0.227 e. The summed E-state index contributed by atoms with van der Waals surface area (Å²) in [5.74, 6) is 0.388. The van der Waals surface area contributed by atoms with Crippen LogP contribution in [0.25, 0.3) is 10.9 Å². The molecule has 2 aromatic rings. The first kappa shape index (κ1) is 15.8. The van der Waals surface area contributed by atoms with Gasteiger partial charge in [0.05, 0.1) is 0 Å². The van der Waals surface area contributed by atoms with Crippen molar-refractivity contribution in [2.75, 3.05) is 13.1 Å². The fourth-order valence-corrected chi connectivity index (χ4v) is 3.31. The third kappa shape index (κ3) is 3.03. The molecule has 0 aliphatic carbocycles. The molecular formula is C19H24N2O2. The number of H-pyrrole nitrogens is 1. The number of nitrogens with one attached hydrogen (secondary N) is 1. The number of hydrogen-bond donors (Lipinski definition) is 1. The van der Waals surface area contributed by atoms with Gasteiger partial charge < -0.3 is 9.88 Å². The highest BCUT2D eigenvalue weighted by Gasteiger charge is 2.33. The van der Waals surface area contributed by atoms with Gasteiger partial charge in [0.1, 0.15) is 0 Å². The quantitative estimate of drug-likeness (QED) is 0.861. The van der Waals surface area contributed by atoms with Crippen LogP contribution in [0.1, 0.15) is 44.0 Å². The van der Waals surface area contributed by atoms with Crippen LogP contribution in [-0.2, 0) is 4.79 Å². The lowest BCUT2D eigenvalue weighted by atomic mass is 9.87. The summed E-state index contributed by atoms with van der Waals surface area (Å²) in [6.45, 7) is 7.18. The number of Topliss-reactive ketones (excluding diaryl/α,β-unsaturated/α-hetero) is 1. The standard InChI is InChI=1S/C19H24N2O2/c1-19(2,3)18(23)21-10-8-13(9-11-21)17(22)15-12-20-16-7-5-4-6-14(15)16/h4-7,12-13,20H,8-11H2,1-3H3. The molecule has 1 saturated heterocycles. The third-order valence-electron chi connectivity index (χ3n) is 4.65. The highest BCUT2D eigenvalue weighted by molar-refractivity contribution is 6.08. The summed E-state index contributed by atoms with van der Waals surface area (Å²) in [6, 6.07) is 7.88. The molecule has 0 atom stereocenters. The number of piperidine rings is 1. The van der Waals surface area contributed by atoms with Crippen LogP contribution in [0.5, 0.6) is 0 Å². The average Bonchev–Trinajstić information content (AvgIpc) is 2.97. The second kappa shape index (κ2) is 5.84. The molecule has 1 aromatic carbocycles. The van der Waals surface area contributed by atoms with Crippen molar-refractivity contribution in [1.82, 2.24) is 9.88 Å². The molecule has 0 bridgehead atoms. The Morgan fingerprint density at radius 2 is 1.78 bits per heavy atom. The molecule has 0 spiro atoms. The molecule has 1 N–H and O–H groups in total. The summed E-state index contributed by atoms with van der Waals surface area (Å²) in [4.78, 5) is 30.2. The first-order chi connectivity index (χ1) is 10.9. The van der Waals surface area contributed by atoms with Crippen molar-refractivity contribution in [3.63, 3.8) is 0 Å². The van der Waals surface area contributed by atoms with Crippen molar-refractivity contribution < 1.29 is 9.59 Å². The first-order valence-electron chi connectivity index (χ1n) is 8.27. The Labute approximate surface area is 136 Å². The van der Waals surface area contributed by atoms with E-state index in [1.807, 2.05) is 56.1 Å². The van der Waals surface area contributed by atoms with Crippen molar-refractivity contribution in [1.29, 1.82) is 0 Å². The van der Waals surface area contributed by atoms with Gasteiger partial charge in [0.25, 0.3) is 0 Å². The van der Waals surface area contributed by atoms with Gasteiger partial charge in [0.15, 0.2) is 5.78 Å². The third-order valence-corrected chi connectivity index (χ3v) is 4.65. The van der Waals surface area contributed by atoms with E-state index in [1.54, 1.807) is 0 Å². The van der Waals surface area contributed by atoms with Crippen LogP contribution in [-0.4, -0.2) is 34.7 Å². The fraction of sp³-hybridized carbons (Fsp3) is 0.474. The summed E-state index contributed by atoms with van der Waals surface area (Å²) in [6.07, 6.45) is 3.32. The number of ketones is 1. The van der Waals surface area contributed by atoms with E-state index in [0.29, 0.717) is 13.1 Å². The maximum atomic E-state index is 12.8. The number of amides is 1. The lowest BCUT2D eigenvalue weighted by Crippen LogP contribution is -2.45. The topological polar surface area (TPSA) is 53.2 Å². The maximum absolute atomic E-state index is 12.8. The van der Waals surface area contributed by atoms with E-state index in [9.17, 15) is 9.59 Å². The maximum Gasteiger partial charge on any atom is 0.227 e. The number of carbonyl (C=O) groups excluding carboxylic acids is 2. The van der Waals surface area contributed by atoms with Gasteiger partial charge in [-0.15, -0.1) is 0 Å². The van der Waals surface area contributed by atoms with Crippen LogP contribution in [0.4, 0.5) is 0 Å². The molecule has 1 fully saturated rings. The molecule has 4 heteroatoms. The normalized spacial score (nSPS) is 16.7. The lowest BCUT2D eigenvalue weighted by molar-refractivity contribution is -0.140. The van der Waals surface area contributed by atoms with Gasteiger partial charge >= 0.3 is 0 Å². The number of nitrogens with zero attached hydrogens (tertiary/aromatic N) is 1. The largest absolute Gasteiger partial charge is 0.360 e. The van der Waals surface area contributed by atoms with Gasteiger partial charge in [0.2, 0.25) is 5.91 Å². The molecular weight excluding hydrogens is 288 g/mol. The number of para-hydroxylation sites is 1. The minimum absolute atomic E-state index is 0.0122. The SMILES string of the molecule is CC(C)(C)C(=O)N1CCC(C(=O)c2c[nH]c3ccccc23)CC1. The molecule has 4 nitrogen and oxygen atoms in total. The van der Waals surface area contributed by atoms with Gasteiger partial charge in [-0.05, 0) is 18.9 Å². The van der Waals surface area contributed by atoms with E-state index in [2.05, 4.69) is 4.98 Å². The second-order valence-corrected chi connectivity index (χ2v) is 7.43. The minimum Gasteiger partial charge on any atom is -0.360 e. The Morgan fingerprint density at radius 3 is 2.43 bits per heavy atom. The van der Waals surface area contributed by atoms with Crippen LogP contribution in [0, 0.1) is 11.3 Å². The number of fused-ring (bicyclic) bond motifs is 1. The molecule has 1 aliphatic heterocycles. The minimum atomic E-state index is -0.353. The van der Waals surface area contributed by atoms with Gasteiger partial charge in [0, 0.05) is 47.1 Å². The molecule has 1 aliphatic rings. The fourth-order valence-electron chi connectivity index (χ4n) is 3.31. The van der Waals surface area contributed by atoms with Crippen molar-refractivity contribution in [3.8, 4) is 0 Å². The Bertz CT molecular complexity index is 731. The molecule has 0 saturated carbocycles. The molecule has 3 rings (SSSR count). The number of carbonyl (C=O) groups is 2. The van der Waals surface area contributed by atoms with Crippen molar-refractivity contribution in [2.45, 2.75) is 33.6 Å². The van der Waals surface area contributed by atoms with E-state index in [0.717, 1.165) is 29.3 Å². The molecule has 23 heavy (non-hydrogen) atoms. The second-order valence-electron chi connectivity index (χ2n) is 7.43. The van der Waals surface area contributed by atoms with Crippen LogP contribution in [0.3, 0.4) is 0 Å². The highest BCUT2D eigenvalue weighted by atomic mass is 16.2. The van der Waals surface area contributed by atoms with Gasteiger partial charge in [-0.1, -0.05) is 39.0 Å². The van der Waals surface area contributed by atoms with E-state index in [4.69, 9.17) is 0 Å². The van der Waals surface area contributed by atoms with Crippen LogP contribution < -0.4 is 0 Å². The van der Waals surface area contributed by atoms with Crippen LogP contribution >= 0.6 is 0 Å². The average molecular weight is 312 g/mol. The summed E-state index contributed by atoms with van der Waals surface area (Å²) < 4.78 is 0. The zero-order valence-electron chi connectivity index (χ0n) is 14.1. The molecule has 1 aromatic heterocycles. The van der Waals surface area contributed by atoms with Crippen molar-refractivity contribution in [3.05, 3.63) is 36.0 Å². The summed E-state index contributed by atoms with van der Waals surface area (Å²) in [5.41, 5.74) is 1.42. The van der Waals surface area contributed by atoms with E-state index < -0.39 is 0 Å². The molecule has 1 amide bonds. The highest BCUT2D eigenvalue weighted by Crippen LogP contribution is 2.28. The van der Waals surface area contributed by atoms with E-state index in [1.165, 1.54) is 0 Å². The Morgan fingerprint density at radius 1 is 1.13 bits per heavy atom.